The SMILES string of the molecule is N/C(=N/O)C(CNc1cccc(Cl)c1Br)c1ccccc1. The summed E-state index contributed by atoms with van der Waals surface area (Å²) < 4.78 is 0.790. The molecule has 0 aromatic heterocycles. The molecule has 0 saturated heterocycles. The number of benzene rings is 2. The fraction of sp³-hybridized carbons (Fsp3) is 0.133. The van der Waals surface area contributed by atoms with Gasteiger partial charge in [-0.3, -0.25) is 0 Å². The van der Waals surface area contributed by atoms with Crippen LogP contribution in [-0.4, -0.2) is 17.6 Å². The molecule has 0 heterocycles. The lowest BCUT2D eigenvalue weighted by atomic mass is 9.98. The number of hydrogen-bond acceptors (Lipinski definition) is 3. The van der Waals surface area contributed by atoms with Gasteiger partial charge in [-0.2, -0.15) is 0 Å². The summed E-state index contributed by atoms with van der Waals surface area (Å²) in [6, 6.07) is 15.2. The standard InChI is InChI=1S/C15H15BrClN3O/c16-14-12(17)7-4-8-13(14)19-9-11(15(18)20-21)10-5-2-1-3-6-10/h1-8,11,19,21H,9H2,(H2,18,20). The quantitative estimate of drug-likeness (QED) is 0.323. The second-order valence-electron chi connectivity index (χ2n) is 4.47. The van der Waals surface area contributed by atoms with E-state index in [-0.39, 0.29) is 11.8 Å². The normalized spacial score (nSPS) is 13.0. The van der Waals surface area contributed by atoms with E-state index in [0.717, 1.165) is 15.7 Å². The van der Waals surface area contributed by atoms with Crippen LogP contribution < -0.4 is 11.1 Å². The second-order valence-corrected chi connectivity index (χ2v) is 5.67. The van der Waals surface area contributed by atoms with Crippen LogP contribution in [0, 0.1) is 0 Å². The Morgan fingerprint density at radius 1 is 1.24 bits per heavy atom. The van der Waals surface area contributed by atoms with Crippen LogP contribution in [0.1, 0.15) is 11.5 Å². The minimum Gasteiger partial charge on any atom is -0.409 e. The minimum atomic E-state index is -0.234. The van der Waals surface area contributed by atoms with Crippen LogP contribution >= 0.6 is 27.5 Å². The lowest BCUT2D eigenvalue weighted by Gasteiger charge is -2.18. The van der Waals surface area contributed by atoms with Crippen molar-refractivity contribution in [3.05, 3.63) is 63.6 Å². The van der Waals surface area contributed by atoms with Crippen LogP contribution in [0.25, 0.3) is 0 Å². The Morgan fingerprint density at radius 2 is 1.95 bits per heavy atom. The maximum Gasteiger partial charge on any atom is 0.148 e. The van der Waals surface area contributed by atoms with Gasteiger partial charge in [0.15, 0.2) is 0 Å². The predicted octanol–water partition coefficient (Wildman–Crippen LogP) is 4.04. The van der Waals surface area contributed by atoms with Crippen molar-refractivity contribution in [1.29, 1.82) is 0 Å². The van der Waals surface area contributed by atoms with Crippen molar-refractivity contribution in [2.75, 3.05) is 11.9 Å². The number of nitrogens with zero attached hydrogens (tertiary/aromatic N) is 1. The smallest absolute Gasteiger partial charge is 0.148 e. The van der Waals surface area contributed by atoms with Gasteiger partial charge < -0.3 is 16.3 Å². The summed E-state index contributed by atoms with van der Waals surface area (Å²) in [4.78, 5) is 0. The summed E-state index contributed by atoms with van der Waals surface area (Å²) in [5, 5.41) is 16.0. The fourth-order valence-electron chi connectivity index (χ4n) is 2.00. The van der Waals surface area contributed by atoms with Gasteiger partial charge in [-0.25, -0.2) is 0 Å². The van der Waals surface area contributed by atoms with E-state index in [0.29, 0.717) is 11.6 Å². The highest BCUT2D eigenvalue weighted by atomic mass is 79.9. The van der Waals surface area contributed by atoms with E-state index in [9.17, 15) is 0 Å². The molecule has 0 aliphatic rings. The molecule has 0 aliphatic heterocycles. The molecule has 0 fully saturated rings. The summed E-state index contributed by atoms with van der Waals surface area (Å²) in [7, 11) is 0. The Balaban J connectivity index is 2.19. The van der Waals surface area contributed by atoms with Crippen LogP contribution in [0.2, 0.25) is 5.02 Å². The molecule has 0 saturated carbocycles. The largest absolute Gasteiger partial charge is 0.409 e. The zero-order chi connectivity index (χ0) is 15.2. The topological polar surface area (TPSA) is 70.6 Å². The lowest BCUT2D eigenvalue weighted by Crippen LogP contribution is -2.28. The van der Waals surface area contributed by atoms with Gasteiger partial charge >= 0.3 is 0 Å². The molecular formula is C15H15BrClN3O. The average molecular weight is 369 g/mol. The molecule has 0 radical (unpaired) electrons. The van der Waals surface area contributed by atoms with Gasteiger partial charge in [0.05, 0.1) is 15.4 Å². The van der Waals surface area contributed by atoms with Crippen LogP contribution in [0.4, 0.5) is 5.69 Å². The van der Waals surface area contributed by atoms with Crippen LogP contribution in [0.3, 0.4) is 0 Å². The molecule has 2 aromatic carbocycles. The van der Waals surface area contributed by atoms with Gasteiger partial charge in [0, 0.05) is 12.2 Å². The Morgan fingerprint density at radius 3 is 2.62 bits per heavy atom. The van der Waals surface area contributed by atoms with E-state index in [2.05, 4.69) is 26.4 Å². The fourth-order valence-corrected chi connectivity index (χ4v) is 2.58. The van der Waals surface area contributed by atoms with Gasteiger partial charge in [0.25, 0.3) is 0 Å². The Kier molecular flexibility index (Phi) is 5.47. The average Bonchev–Trinajstić information content (AvgIpc) is 2.52. The first-order chi connectivity index (χ1) is 10.1. The molecule has 0 bridgehead atoms. The van der Waals surface area contributed by atoms with Crippen LogP contribution in [0.5, 0.6) is 0 Å². The molecule has 110 valence electrons. The number of oxime groups is 1. The maximum atomic E-state index is 8.97. The number of nitrogens with one attached hydrogen (secondary N) is 1. The number of anilines is 1. The Bertz CT molecular complexity index is 634. The predicted molar refractivity (Wildman–Crippen MR) is 90.2 cm³/mol. The molecule has 1 unspecified atom stereocenters. The molecule has 0 spiro atoms. The van der Waals surface area contributed by atoms with E-state index < -0.39 is 0 Å². The van der Waals surface area contributed by atoms with Gasteiger partial charge in [0.1, 0.15) is 5.84 Å². The summed E-state index contributed by atoms with van der Waals surface area (Å²) in [5.41, 5.74) is 7.63. The van der Waals surface area contributed by atoms with E-state index in [1.165, 1.54) is 0 Å². The van der Waals surface area contributed by atoms with E-state index in [4.69, 9.17) is 22.5 Å². The highest BCUT2D eigenvalue weighted by Gasteiger charge is 2.17. The second kappa shape index (κ2) is 7.33. The Hall–Kier alpha value is -1.72. The molecule has 0 amide bonds. The summed E-state index contributed by atoms with van der Waals surface area (Å²) in [5.74, 6) is -0.0751. The van der Waals surface area contributed by atoms with Crippen molar-refractivity contribution in [2.24, 2.45) is 10.9 Å². The molecule has 6 heteroatoms. The molecule has 4 N–H and O–H groups in total. The third-order valence-electron chi connectivity index (χ3n) is 3.12. The Labute approximate surface area is 136 Å². The molecule has 4 nitrogen and oxygen atoms in total. The van der Waals surface area contributed by atoms with E-state index >= 15 is 0 Å². The zero-order valence-corrected chi connectivity index (χ0v) is 13.5. The van der Waals surface area contributed by atoms with Gasteiger partial charge in [-0.05, 0) is 33.6 Å². The van der Waals surface area contributed by atoms with Crippen molar-refractivity contribution >= 4 is 39.1 Å². The van der Waals surface area contributed by atoms with Gasteiger partial charge in [0.2, 0.25) is 0 Å². The highest BCUT2D eigenvalue weighted by molar-refractivity contribution is 9.10. The van der Waals surface area contributed by atoms with Crippen LogP contribution in [-0.2, 0) is 0 Å². The summed E-state index contributed by atoms with van der Waals surface area (Å²) >= 11 is 9.50. The molecule has 1 atom stereocenters. The third kappa shape index (κ3) is 3.89. The summed E-state index contributed by atoms with van der Waals surface area (Å²) in [6.45, 7) is 0.485. The molecule has 2 aromatic rings. The molecule has 21 heavy (non-hydrogen) atoms. The number of hydrogen-bond donors (Lipinski definition) is 3. The minimum absolute atomic E-state index is 0.159. The first-order valence-corrected chi connectivity index (χ1v) is 7.51. The first-order valence-electron chi connectivity index (χ1n) is 6.33. The monoisotopic (exact) mass is 367 g/mol. The maximum absolute atomic E-state index is 8.97. The third-order valence-corrected chi connectivity index (χ3v) is 4.52. The molecule has 2 rings (SSSR count). The number of nitrogens with two attached hydrogens (primary N) is 1. The number of halogens is 2. The van der Waals surface area contributed by atoms with Gasteiger partial charge in [-0.1, -0.05) is 53.2 Å². The van der Waals surface area contributed by atoms with Crippen molar-refractivity contribution in [3.63, 3.8) is 0 Å². The van der Waals surface area contributed by atoms with Crippen molar-refractivity contribution in [3.8, 4) is 0 Å². The number of amidine groups is 1. The van der Waals surface area contributed by atoms with Gasteiger partial charge in [-0.15, -0.1) is 0 Å². The van der Waals surface area contributed by atoms with Crippen molar-refractivity contribution < 1.29 is 5.21 Å². The van der Waals surface area contributed by atoms with Crippen molar-refractivity contribution in [2.45, 2.75) is 5.92 Å². The zero-order valence-electron chi connectivity index (χ0n) is 11.1. The van der Waals surface area contributed by atoms with E-state index in [1.807, 2.05) is 42.5 Å². The highest BCUT2D eigenvalue weighted by Crippen LogP contribution is 2.30. The first kappa shape index (κ1) is 15.7. The molecule has 0 aliphatic carbocycles. The lowest BCUT2D eigenvalue weighted by molar-refractivity contribution is 0.316. The molecular weight excluding hydrogens is 354 g/mol. The van der Waals surface area contributed by atoms with Crippen LogP contribution in [0.15, 0.2) is 58.2 Å². The van der Waals surface area contributed by atoms with Crippen molar-refractivity contribution in [1.82, 2.24) is 0 Å². The van der Waals surface area contributed by atoms with E-state index in [1.54, 1.807) is 6.07 Å². The number of rotatable bonds is 5. The summed E-state index contributed by atoms with van der Waals surface area (Å²) in [6.07, 6.45) is 0.